The van der Waals surface area contributed by atoms with Gasteiger partial charge in [-0.25, -0.2) is 0 Å². The highest BCUT2D eigenvalue weighted by Crippen LogP contribution is 2.42. The summed E-state index contributed by atoms with van der Waals surface area (Å²) < 4.78 is 2.13. The van der Waals surface area contributed by atoms with E-state index in [2.05, 4.69) is 31.1 Å². The van der Waals surface area contributed by atoms with Crippen LogP contribution in [0.15, 0.2) is 47.8 Å². The quantitative estimate of drug-likeness (QED) is 0.303. The number of hydrogen-bond acceptors (Lipinski definition) is 4. The molecule has 2 aromatic carbocycles. The van der Waals surface area contributed by atoms with E-state index in [4.69, 9.17) is 34.8 Å². The number of benzene rings is 2. The molecule has 10 heteroatoms. The van der Waals surface area contributed by atoms with Crippen molar-refractivity contribution in [2.45, 2.75) is 24.0 Å². The molecule has 0 atom stereocenters. The molecule has 1 aliphatic rings. The third kappa shape index (κ3) is 4.15. The molecule has 5 rings (SSSR count). The first-order chi connectivity index (χ1) is 15.0. The van der Waals surface area contributed by atoms with E-state index in [1.54, 1.807) is 0 Å². The Hall–Kier alpha value is -2.19. The van der Waals surface area contributed by atoms with Crippen molar-refractivity contribution in [3.05, 3.63) is 57.7 Å². The van der Waals surface area contributed by atoms with Crippen molar-refractivity contribution in [1.29, 1.82) is 0 Å². The molecular formula is C21H16Cl3N5OS. The van der Waals surface area contributed by atoms with Gasteiger partial charge in [-0.3, -0.25) is 9.36 Å². The summed E-state index contributed by atoms with van der Waals surface area (Å²) >= 11 is 19.6. The maximum atomic E-state index is 12.5. The van der Waals surface area contributed by atoms with Gasteiger partial charge in [0.2, 0.25) is 5.91 Å². The normalized spacial score (nSPS) is 13.6. The number of nitrogens with zero attached hydrogens (tertiary/aromatic N) is 3. The van der Waals surface area contributed by atoms with Gasteiger partial charge in [-0.05, 0) is 31.0 Å². The van der Waals surface area contributed by atoms with Crippen molar-refractivity contribution in [1.82, 2.24) is 19.7 Å². The van der Waals surface area contributed by atoms with Crippen LogP contribution in [-0.2, 0) is 4.79 Å². The predicted molar refractivity (Wildman–Crippen MR) is 126 cm³/mol. The van der Waals surface area contributed by atoms with Gasteiger partial charge in [-0.1, -0.05) is 64.8 Å². The van der Waals surface area contributed by atoms with E-state index in [1.165, 1.54) is 23.9 Å². The van der Waals surface area contributed by atoms with Crippen molar-refractivity contribution in [2.75, 3.05) is 11.1 Å². The smallest absolute Gasteiger partial charge is 0.234 e. The number of para-hydroxylation sites is 1. The molecule has 0 saturated heterocycles. The first-order valence-electron chi connectivity index (χ1n) is 9.60. The SMILES string of the molecule is O=C(CSc1nnc(-c2c[nH]c3ccccc23)n1C1CC1)Nc1c(Cl)cc(Cl)cc1Cl. The number of carbonyl (C=O) groups excluding carboxylic acids is 1. The van der Waals surface area contributed by atoms with E-state index < -0.39 is 0 Å². The van der Waals surface area contributed by atoms with Gasteiger partial charge in [-0.15, -0.1) is 10.2 Å². The summed E-state index contributed by atoms with van der Waals surface area (Å²) in [6.45, 7) is 0. The Morgan fingerprint density at radius 3 is 2.65 bits per heavy atom. The number of anilines is 1. The fourth-order valence-electron chi connectivity index (χ4n) is 3.44. The number of aromatic amines is 1. The highest BCUT2D eigenvalue weighted by atomic mass is 35.5. The van der Waals surface area contributed by atoms with E-state index >= 15 is 0 Å². The molecule has 2 aromatic heterocycles. The van der Waals surface area contributed by atoms with Crippen LogP contribution in [-0.4, -0.2) is 31.4 Å². The van der Waals surface area contributed by atoms with Crippen LogP contribution in [0.3, 0.4) is 0 Å². The van der Waals surface area contributed by atoms with Crippen LogP contribution in [0.1, 0.15) is 18.9 Å². The highest BCUT2D eigenvalue weighted by Gasteiger charge is 2.31. The lowest BCUT2D eigenvalue weighted by atomic mass is 10.1. The van der Waals surface area contributed by atoms with Crippen LogP contribution in [0.4, 0.5) is 5.69 Å². The van der Waals surface area contributed by atoms with Gasteiger partial charge in [-0.2, -0.15) is 0 Å². The lowest BCUT2D eigenvalue weighted by molar-refractivity contribution is -0.113. The summed E-state index contributed by atoms with van der Waals surface area (Å²) in [5.74, 6) is 0.718. The number of amides is 1. The van der Waals surface area contributed by atoms with Gasteiger partial charge in [0.05, 0.1) is 21.5 Å². The zero-order valence-electron chi connectivity index (χ0n) is 16.0. The molecule has 1 amide bonds. The molecule has 0 bridgehead atoms. The molecule has 1 saturated carbocycles. The Kier molecular flexibility index (Phi) is 5.60. The minimum absolute atomic E-state index is 0.147. The lowest BCUT2D eigenvalue weighted by Crippen LogP contribution is -2.15. The molecule has 0 unspecified atom stereocenters. The molecule has 0 aliphatic heterocycles. The maximum absolute atomic E-state index is 12.5. The first kappa shape index (κ1) is 20.7. The van der Waals surface area contributed by atoms with Gasteiger partial charge in [0, 0.05) is 33.7 Å². The minimum Gasteiger partial charge on any atom is -0.360 e. The summed E-state index contributed by atoms with van der Waals surface area (Å²) in [6.07, 6.45) is 4.10. The summed E-state index contributed by atoms with van der Waals surface area (Å²) in [4.78, 5) is 15.8. The van der Waals surface area contributed by atoms with Crippen LogP contribution >= 0.6 is 46.6 Å². The Balaban J connectivity index is 1.37. The predicted octanol–water partition coefficient (Wildman–Crippen LogP) is 6.45. The Morgan fingerprint density at radius 1 is 1.16 bits per heavy atom. The Morgan fingerprint density at radius 2 is 1.90 bits per heavy atom. The Labute approximate surface area is 197 Å². The van der Waals surface area contributed by atoms with Gasteiger partial charge in [0.15, 0.2) is 11.0 Å². The standard InChI is InChI=1S/C21H16Cl3N5OS/c22-11-7-15(23)19(16(24)8-11)26-18(30)10-31-21-28-27-20(29(21)12-5-6-12)14-9-25-17-4-2-1-3-13(14)17/h1-4,7-9,12,25H,5-6,10H2,(H,26,30). The third-order valence-corrected chi connectivity index (χ3v) is 6.77. The number of halogens is 3. The average molecular weight is 493 g/mol. The number of rotatable bonds is 6. The number of nitrogens with one attached hydrogen (secondary N) is 2. The molecule has 158 valence electrons. The van der Waals surface area contributed by atoms with Crippen molar-refractivity contribution >= 4 is 69.1 Å². The Bertz CT molecular complexity index is 1270. The number of hydrogen-bond donors (Lipinski definition) is 2. The summed E-state index contributed by atoms with van der Waals surface area (Å²) in [6, 6.07) is 11.5. The van der Waals surface area contributed by atoms with Crippen LogP contribution in [0, 0.1) is 0 Å². The number of fused-ring (bicyclic) bond motifs is 1. The van der Waals surface area contributed by atoms with E-state index in [9.17, 15) is 4.79 Å². The van der Waals surface area contributed by atoms with E-state index in [0.717, 1.165) is 35.1 Å². The van der Waals surface area contributed by atoms with Gasteiger partial charge in [0.1, 0.15) is 0 Å². The van der Waals surface area contributed by atoms with Crippen molar-refractivity contribution in [2.24, 2.45) is 0 Å². The first-order valence-corrected chi connectivity index (χ1v) is 11.7. The average Bonchev–Trinajstić information content (AvgIpc) is 3.35. The van der Waals surface area contributed by atoms with Crippen molar-refractivity contribution in [3.63, 3.8) is 0 Å². The zero-order valence-corrected chi connectivity index (χ0v) is 19.1. The molecular weight excluding hydrogens is 477 g/mol. The van der Waals surface area contributed by atoms with E-state index in [0.29, 0.717) is 32.0 Å². The van der Waals surface area contributed by atoms with E-state index in [-0.39, 0.29) is 11.7 Å². The lowest BCUT2D eigenvalue weighted by Gasteiger charge is -2.10. The monoisotopic (exact) mass is 491 g/mol. The van der Waals surface area contributed by atoms with Crippen LogP contribution in [0.2, 0.25) is 15.1 Å². The van der Waals surface area contributed by atoms with Crippen molar-refractivity contribution in [3.8, 4) is 11.4 Å². The van der Waals surface area contributed by atoms with E-state index in [1.807, 2.05) is 24.4 Å². The molecule has 4 aromatic rings. The highest BCUT2D eigenvalue weighted by molar-refractivity contribution is 7.99. The molecule has 0 radical (unpaired) electrons. The largest absolute Gasteiger partial charge is 0.360 e. The molecule has 6 nitrogen and oxygen atoms in total. The molecule has 2 N–H and O–H groups in total. The van der Waals surface area contributed by atoms with Crippen LogP contribution < -0.4 is 5.32 Å². The van der Waals surface area contributed by atoms with Gasteiger partial charge in [0.25, 0.3) is 0 Å². The second-order valence-electron chi connectivity index (χ2n) is 7.24. The molecule has 31 heavy (non-hydrogen) atoms. The number of H-pyrrole nitrogens is 1. The second-order valence-corrected chi connectivity index (χ2v) is 9.43. The molecule has 1 fully saturated rings. The maximum Gasteiger partial charge on any atom is 0.234 e. The number of carbonyl (C=O) groups is 1. The minimum atomic E-state index is -0.241. The second kappa shape index (κ2) is 8.39. The van der Waals surface area contributed by atoms with Crippen LogP contribution in [0.25, 0.3) is 22.3 Å². The number of thioether (sulfide) groups is 1. The molecule has 2 heterocycles. The molecule has 0 spiro atoms. The van der Waals surface area contributed by atoms with Crippen LogP contribution in [0.5, 0.6) is 0 Å². The summed E-state index contributed by atoms with van der Waals surface area (Å²) in [5, 5.41) is 14.4. The summed E-state index contributed by atoms with van der Waals surface area (Å²) in [5.41, 5.74) is 2.40. The fraction of sp³-hybridized carbons (Fsp3) is 0.190. The number of aromatic nitrogens is 4. The molecule has 1 aliphatic carbocycles. The van der Waals surface area contributed by atoms with Gasteiger partial charge < -0.3 is 10.3 Å². The van der Waals surface area contributed by atoms with Gasteiger partial charge >= 0.3 is 0 Å². The zero-order chi connectivity index (χ0) is 21.5. The topological polar surface area (TPSA) is 75.6 Å². The van der Waals surface area contributed by atoms with Crippen molar-refractivity contribution < 1.29 is 4.79 Å². The summed E-state index contributed by atoms with van der Waals surface area (Å²) in [7, 11) is 0. The fourth-order valence-corrected chi connectivity index (χ4v) is 5.16. The third-order valence-electron chi connectivity index (χ3n) is 5.01.